The van der Waals surface area contributed by atoms with Crippen LogP contribution in [0.1, 0.15) is 35.4 Å². The Labute approximate surface area is 85.5 Å². The van der Waals surface area contributed by atoms with Crippen molar-refractivity contribution in [1.29, 1.82) is 0 Å². The molecule has 0 saturated carbocycles. The molecule has 0 aromatic heterocycles. The fourth-order valence-corrected chi connectivity index (χ4v) is 3.01. The number of nitrogens with one attached hydrogen (secondary N) is 1. The van der Waals surface area contributed by atoms with Crippen molar-refractivity contribution in [3.05, 3.63) is 34.9 Å². The normalized spacial score (nSPS) is 25.3. The number of hydrogen-bond donors (Lipinski definition) is 1. The van der Waals surface area contributed by atoms with Gasteiger partial charge in [-0.05, 0) is 54.8 Å². The van der Waals surface area contributed by atoms with Crippen LogP contribution in [0.25, 0.3) is 0 Å². The zero-order valence-electron chi connectivity index (χ0n) is 8.55. The minimum absolute atomic E-state index is 0.803. The first-order valence-electron chi connectivity index (χ1n) is 5.76. The third-order valence-corrected chi connectivity index (χ3v) is 3.66. The Kier molecular flexibility index (Phi) is 2.06. The molecule has 1 nitrogen and oxygen atoms in total. The fraction of sp³-hybridized carbons (Fsp3) is 0.538. The summed E-state index contributed by atoms with van der Waals surface area (Å²) < 4.78 is 0. The van der Waals surface area contributed by atoms with Gasteiger partial charge < -0.3 is 5.32 Å². The Morgan fingerprint density at radius 2 is 2.00 bits per heavy atom. The number of aryl methyl sites for hydroxylation is 1. The summed E-state index contributed by atoms with van der Waals surface area (Å²) in [6.07, 6.45) is 5.29. The molecule has 0 unspecified atom stereocenters. The van der Waals surface area contributed by atoms with Crippen molar-refractivity contribution in [2.24, 2.45) is 0 Å². The molecule has 0 amide bonds. The predicted molar refractivity (Wildman–Crippen MR) is 58.7 cm³/mol. The summed E-state index contributed by atoms with van der Waals surface area (Å²) in [5.74, 6) is 0.803. The van der Waals surface area contributed by atoms with E-state index in [9.17, 15) is 0 Å². The summed E-state index contributed by atoms with van der Waals surface area (Å²) in [7, 11) is 0. The van der Waals surface area contributed by atoms with Gasteiger partial charge in [-0.15, -0.1) is 0 Å². The van der Waals surface area contributed by atoms with Crippen LogP contribution in [0.15, 0.2) is 18.2 Å². The lowest BCUT2D eigenvalue weighted by atomic mass is 9.80. The van der Waals surface area contributed by atoms with E-state index in [0.29, 0.717) is 0 Å². The van der Waals surface area contributed by atoms with Crippen LogP contribution in [0.4, 0.5) is 0 Å². The lowest BCUT2D eigenvalue weighted by Crippen LogP contribution is -2.22. The molecular weight excluding hydrogens is 170 g/mol. The highest BCUT2D eigenvalue weighted by Crippen LogP contribution is 2.34. The van der Waals surface area contributed by atoms with Crippen molar-refractivity contribution < 1.29 is 0 Å². The summed E-state index contributed by atoms with van der Waals surface area (Å²) in [4.78, 5) is 0. The molecule has 1 N–H and O–H groups in total. The highest BCUT2D eigenvalue weighted by atomic mass is 14.9. The largest absolute Gasteiger partial charge is 0.316 e. The van der Waals surface area contributed by atoms with E-state index in [1.54, 1.807) is 16.7 Å². The number of hydrogen-bond acceptors (Lipinski definition) is 1. The highest BCUT2D eigenvalue weighted by molar-refractivity contribution is 5.41. The van der Waals surface area contributed by atoms with Crippen molar-refractivity contribution in [3.63, 3.8) is 0 Å². The molecule has 2 aliphatic rings. The average molecular weight is 187 g/mol. The summed E-state index contributed by atoms with van der Waals surface area (Å²) in [6, 6.07) is 6.89. The third-order valence-electron chi connectivity index (χ3n) is 3.66. The summed E-state index contributed by atoms with van der Waals surface area (Å²) >= 11 is 0. The molecule has 0 fully saturated rings. The van der Waals surface area contributed by atoms with Gasteiger partial charge in [-0.25, -0.2) is 0 Å². The van der Waals surface area contributed by atoms with E-state index in [1.165, 1.54) is 32.2 Å². The van der Waals surface area contributed by atoms with Gasteiger partial charge in [0.25, 0.3) is 0 Å². The van der Waals surface area contributed by atoms with E-state index < -0.39 is 0 Å². The second-order valence-electron chi connectivity index (χ2n) is 4.53. The molecule has 0 bridgehead atoms. The van der Waals surface area contributed by atoms with Crippen LogP contribution in [0, 0.1) is 0 Å². The molecule has 0 radical (unpaired) electrons. The van der Waals surface area contributed by atoms with Gasteiger partial charge in [0, 0.05) is 6.54 Å². The smallest absolute Gasteiger partial charge is 0.00204 e. The van der Waals surface area contributed by atoms with Gasteiger partial charge in [0.05, 0.1) is 0 Å². The van der Waals surface area contributed by atoms with Crippen LogP contribution < -0.4 is 5.32 Å². The lowest BCUT2D eigenvalue weighted by Gasteiger charge is -2.25. The van der Waals surface area contributed by atoms with Crippen LogP contribution >= 0.6 is 0 Å². The van der Waals surface area contributed by atoms with E-state index in [2.05, 4.69) is 23.5 Å². The van der Waals surface area contributed by atoms with E-state index >= 15 is 0 Å². The van der Waals surface area contributed by atoms with Gasteiger partial charge in [-0.2, -0.15) is 0 Å². The molecule has 1 aliphatic carbocycles. The van der Waals surface area contributed by atoms with Gasteiger partial charge >= 0.3 is 0 Å². The maximum absolute atomic E-state index is 3.56. The van der Waals surface area contributed by atoms with Gasteiger partial charge in [0.1, 0.15) is 0 Å². The molecule has 14 heavy (non-hydrogen) atoms. The van der Waals surface area contributed by atoms with Crippen molar-refractivity contribution >= 4 is 0 Å². The topological polar surface area (TPSA) is 12.0 Å². The van der Waals surface area contributed by atoms with Gasteiger partial charge in [-0.1, -0.05) is 18.2 Å². The Hall–Kier alpha value is -0.820. The molecule has 1 atom stereocenters. The van der Waals surface area contributed by atoms with Crippen LogP contribution in [0.3, 0.4) is 0 Å². The van der Waals surface area contributed by atoms with Gasteiger partial charge in [0.2, 0.25) is 0 Å². The average Bonchev–Trinajstić information content (AvgIpc) is 2.44. The first-order chi connectivity index (χ1) is 6.95. The minimum atomic E-state index is 0.803. The molecule has 1 aromatic carbocycles. The first-order valence-corrected chi connectivity index (χ1v) is 5.76. The van der Waals surface area contributed by atoms with Crippen molar-refractivity contribution in [3.8, 4) is 0 Å². The van der Waals surface area contributed by atoms with Crippen LogP contribution in [-0.2, 0) is 12.8 Å². The maximum Gasteiger partial charge on any atom is 0.00204 e. The van der Waals surface area contributed by atoms with Crippen LogP contribution in [0.5, 0.6) is 0 Å². The van der Waals surface area contributed by atoms with E-state index in [0.717, 1.165) is 12.5 Å². The Morgan fingerprint density at radius 3 is 2.93 bits per heavy atom. The number of benzene rings is 1. The third kappa shape index (κ3) is 1.27. The van der Waals surface area contributed by atoms with Crippen LogP contribution in [-0.4, -0.2) is 13.1 Å². The minimum Gasteiger partial charge on any atom is -0.316 e. The SMILES string of the molecule is c1cc2c3c(c1)CCNC[C@H]3CCC2. The molecule has 1 heteroatoms. The lowest BCUT2D eigenvalue weighted by molar-refractivity contribution is 0.525. The summed E-state index contributed by atoms with van der Waals surface area (Å²) in [6.45, 7) is 2.36. The zero-order valence-corrected chi connectivity index (χ0v) is 8.55. The molecule has 1 aromatic rings. The van der Waals surface area contributed by atoms with E-state index in [1.807, 2.05) is 0 Å². The predicted octanol–water partition coefficient (Wildman–Crippen LogP) is 2.25. The van der Waals surface area contributed by atoms with Gasteiger partial charge in [0.15, 0.2) is 0 Å². The highest BCUT2D eigenvalue weighted by Gasteiger charge is 2.24. The van der Waals surface area contributed by atoms with Crippen LogP contribution in [0.2, 0.25) is 0 Å². The van der Waals surface area contributed by atoms with Crippen molar-refractivity contribution in [2.75, 3.05) is 13.1 Å². The van der Waals surface area contributed by atoms with Crippen molar-refractivity contribution in [2.45, 2.75) is 31.6 Å². The molecule has 1 aliphatic heterocycles. The Bertz CT molecular complexity index is 343. The monoisotopic (exact) mass is 187 g/mol. The molecule has 1 heterocycles. The number of rotatable bonds is 0. The molecule has 74 valence electrons. The molecule has 0 saturated heterocycles. The molecule has 0 spiro atoms. The summed E-state index contributed by atoms with van der Waals surface area (Å²) in [5, 5.41) is 3.56. The van der Waals surface area contributed by atoms with E-state index in [4.69, 9.17) is 0 Å². The Morgan fingerprint density at radius 1 is 1.14 bits per heavy atom. The van der Waals surface area contributed by atoms with Gasteiger partial charge in [-0.3, -0.25) is 0 Å². The zero-order chi connectivity index (χ0) is 9.38. The quantitative estimate of drug-likeness (QED) is 0.657. The molecule has 3 rings (SSSR count). The summed E-state index contributed by atoms with van der Waals surface area (Å²) in [5.41, 5.74) is 4.93. The second kappa shape index (κ2) is 3.39. The second-order valence-corrected chi connectivity index (χ2v) is 4.53. The maximum atomic E-state index is 3.56. The molecular formula is C13H17N. The Balaban J connectivity index is 2.14. The first kappa shape index (κ1) is 8.49. The standard InChI is InChI=1S/C13H17N/c1-3-10-4-2-6-12-9-14-8-7-11(5-1)13(10)12/h1,3,5,12,14H,2,4,6-9H2/t12-/m1/s1. The van der Waals surface area contributed by atoms with Crippen molar-refractivity contribution in [1.82, 2.24) is 5.32 Å². The fourth-order valence-electron chi connectivity index (χ4n) is 3.01. The van der Waals surface area contributed by atoms with E-state index in [-0.39, 0.29) is 0 Å².